The average Bonchev–Trinajstić information content (AvgIpc) is 2.44. The maximum Gasteiger partial charge on any atom is 0.322 e. The number of rotatable bonds is 9. The van der Waals surface area contributed by atoms with Crippen molar-refractivity contribution in [2.24, 2.45) is 0 Å². The highest BCUT2D eigenvalue weighted by Crippen LogP contribution is 2.14. The molecule has 0 radical (unpaired) electrons. The Kier molecular flexibility index (Phi) is 6.92. The summed E-state index contributed by atoms with van der Waals surface area (Å²) in [5.41, 5.74) is 0. The highest BCUT2D eigenvalue weighted by atomic mass is 16.5. The average molecular weight is 267 g/mol. The molecule has 0 aliphatic heterocycles. The van der Waals surface area contributed by atoms with E-state index < -0.39 is 0 Å². The minimum atomic E-state index is 0.336. The number of anilines is 2. The van der Waals surface area contributed by atoms with Gasteiger partial charge >= 0.3 is 6.01 Å². The maximum absolute atomic E-state index is 5.11. The van der Waals surface area contributed by atoms with Crippen LogP contribution >= 0.6 is 0 Å². The normalized spacial score (nSPS) is 12.0. The van der Waals surface area contributed by atoms with Crippen molar-refractivity contribution in [2.75, 3.05) is 24.3 Å². The van der Waals surface area contributed by atoms with Crippen LogP contribution in [-0.4, -0.2) is 34.6 Å². The van der Waals surface area contributed by atoms with Crippen molar-refractivity contribution in [3.05, 3.63) is 0 Å². The molecule has 1 unspecified atom stereocenters. The summed E-state index contributed by atoms with van der Waals surface area (Å²) in [5.74, 6) is 1.13. The van der Waals surface area contributed by atoms with E-state index in [-0.39, 0.29) is 0 Å². The van der Waals surface area contributed by atoms with Gasteiger partial charge in [0.2, 0.25) is 11.9 Å². The van der Waals surface area contributed by atoms with Gasteiger partial charge < -0.3 is 15.4 Å². The van der Waals surface area contributed by atoms with Crippen LogP contribution in [0, 0.1) is 0 Å². The van der Waals surface area contributed by atoms with Crippen molar-refractivity contribution in [1.29, 1.82) is 0 Å². The highest BCUT2D eigenvalue weighted by Gasteiger charge is 2.10. The Morgan fingerprint density at radius 3 is 2.37 bits per heavy atom. The first kappa shape index (κ1) is 15.5. The molecular formula is C13H25N5O. The second kappa shape index (κ2) is 8.50. The van der Waals surface area contributed by atoms with E-state index in [1.54, 1.807) is 7.11 Å². The Balaban J connectivity index is 2.80. The Morgan fingerprint density at radius 1 is 1.05 bits per heavy atom. The van der Waals surface area contributed by atoms with Gasteiger partial charge in [0.25, 0.3) is 0 Å². The van der Waals surface area contributed by atoms with Crippen LogP contribution in [0.5, 0.6) is 6.01 Å². The van der Waals surface area contributed by atoms with Gasteiger partial charge in [-0.15, -0.1) is 0 Å². The molecule has 0 saturated carbocycles. The molecule has 0 aliphatic carbocycles. The lowest BCUT2D eigenvalue weighted by molar-refractivity contribution is 0.379. The molecule has 0 aliphatic rings. The third-order valence-electron chi connectivity index (χ3n) is 2.79. The monoisotopic (exact) mass is 267 g/mol. The first-order valence-electron chi connectivity index (χ1n) is 7.03. The summed E-state index contributed by atoms with van der Waals surface area (Å²) in [7, 11) is 1.56. The molecule has 19 heavy (non-hydrogen) atoms. The fraction of sp³-hybridized carbons (Fsp3) is 0.769. The Bertz CT molecular complexity index is 372. The van der Waals surface area contributed by atoms with Crippen molar-refractivity contribution in [3.8, 4) is 6.01 Å². The number of hydrogen-bond donors (Lipinski definition) is 2. The number of methoxy groups -OCH3 is 1. The fourth-order valence-electron chi connectivity index (χ4n) is 1.74. The van der Waals surface area contributed by atoms with Crippen molar-refractivity contribution in [1.82, 2.24) is 15.0 Å². The van der Waals surface area contributed by atoms with Gasteiger partial charge in [0.05, 0.1) is 7.11 Å². The van der Waals surface area contributed by atoms with E-state index in [4.69, 9.17) is 4.74 Å². The lowest BCUT2D eigenvalue weighted by atomic mass is 10.1. The topological polar surface area (TPSA) is 72.0 Å². The molecule has 1 atom stereocenters. The smallest absolute Gasteiger partial charge is 0.322 e. The van der Waals surface area contributed by atoms with Gasteiger partial charge in [0.1, 0.15) is 0 Å². The van der Waals surface area contributed by atoms with E-state index in [2.05, 4.69) is 46.4 Å². The van der Waals surface area contributed by atoms with E-state index in [0.29, 0.717) is 23.9 Å². The minimum absolute atomic E-state index is 0.336. The molecule has 1 aromatic rings. The minimum Gasteiger partial charge on any atom is -0.467 e. The van der Waals surface area contributed by atoms with Crippen molar-refractivity contribution in [3.63, 3.8) is 0 Å². The number of aromatic nitrogens is 3. The number of hydrogen-bond acceptors (Lipinski definition) is 6. The zero-order valence-electron chi connectivity index (χ0n) is 12.4. The van der Waals surface area contributed by atoms with Crippen LogP contribution < -0.4 is 15.4 Å². The van der Waals surface area contributed by atoms with Crippen LogP contribution in [0.3, 0.4) is 0 Å². The van der Waals surface area contributed by atoms with Crippen molar-refractivity contribution < 1.29 is 4.74 Å². The summed E-state index contributed by atoms with van der Waals surface area (Å²) in [6, 6.07) is 0.721. The van der Waals surface area contributed by atoms with Crippen molar-refractivity contribution >= 4 is 11.9 Å². The van der Waals surface area contributed by atoms with Crippen molar-refractivity contribution in [2.45, 2.75) is 52.5 Å². The van der Waals surface area contributed by atoms with E-state index in [1.165, 1.54) is 0 Å². The summed E-state index contributed by atoms with van der Waals surface area (Å²) in [6.07, 6.45) is 4.29. The van der Waals surface area contributed by atoms with Crippen LogP contribution in [0.15, 0.2) is 0 Å². The van der Waals surface area contributed by atoms with Crippen LogP contribution in [0.1, 0.15) is 46.5 Å². The second-order valence-electron chi connectivity index (χ2n) is 4.43. The molecule has 6 heteroatoms. The molecule has 0 saturated heterocycles. The molecule has 6 nitrogen and oxygen atoms in total. The molecule has 0 bridgehead atoms. The zero-order chi connectivity index (χ0) is 14.1. The Labute approximate surface area is 115 Å². The summed E-state index contributed by atoms with van der Waals surface area (Å²) in [5, 5.41) is 6.49. The van der Waals surface area contributed by atoms with E-state index >= 15 is 0 Å². The van der Waals surface area contributed by atoms with Gasteiger partial charge in [-0.25, -0.2) is 0 Å². The van der Waals surface area contributed by atoms with Gasteiger partial charge in [-0.05, 0) is 19.3 Å². The van der Waals surface area contributed by atoms with Crippen LogP contribution in [0.25, 0.3) is 0 Å². The molecular weight excluding hydrogens is 242 g/mol. The molecule has 0 amide bonds. The van der Waals surface area contributed by atoms with E-state index in [1.807, 2.05) is 0 Å². The quantitative estimate of drug-likeness (QED) is 0.716. The summed E-state index contributed by atoms with van der Waals surface area (Å²) >= 11 is 0. The molecule has 1 aromatic heterocycles. The van der Waals surface area contributed by atoms with Gasteiger partial charge in [-0.2, -0.15) is 15.0 Å². The molecule has 108 valence electrons. The summed E-state index contributed by atoms with van der Waals surface area (Å²) in [4.78, 5) is 12.8. The molecule has 2 N–H and O–H groups in total. The van der Waals surface area contributed by atoms with Gasteiger partial charge in [-0.1, -0.05) is 27.2 Å². The zero-order valence-corrected chi connectivity index (χ0v) is 12.4. The van der Waals surface area contributed by atoms with Crippen LogP contribution in [0.2, 0.25) is 0 Å². The first-order chi connectivity index (χ1) is 9.23. The predicted octanol–water partition coefficient (Wildman–Crippen LogP) is 2.69. The van der Waals surface area contributed by atoms with Crippen LogP contribution in [-0.2, 0) is 0 Å². The van der Waals surface area contributed by atoms with Gasteiger partial charge in [-0.3, -0.25) is 0 Å². The predicted molar refractivity (Wildman–Crippen MR) is 77.8 cm³/mol. The standard InChI is InChI=1S/C13H25N5O/c1-5-8-10(7-3)15-12-16-11(14-9-6-2)17-13(18-12)19-4/h10H,5-9H2,1-4H3,(H2,14,15,16,17,18). The SMILES string of the molecule is CCCNc1nc(NC(CC)CCC)nc(OC)n1. The van der Waals surface area contributed by atoms with Crippen LogP contribution in [0.4, 0.5) is 11.9 Å². The van der Waals surface area contributed by atoms with E-state index in [9.17, 15) is 0 Å². The Morgan fingerprint density at radius 2 is 1.79 bits per heavy atom. The lowest BCUT2D eigenvalue weighted by Gasteiger charge is -2.16. The lowest BCUT2D eigenvalue weighted by Crippen LogP contribution is -2.20. The van der Waals surface area contributed by atoms with Gasteiger partial charge in [0, 0.05) is 12.6 Å². The molecule has 1 heterocycles. The third-order valence-corrected chi connectivity index (χ3v) is 2.79. The Hall–Kier alpha value is -1.59. The molecule has 1 rings (SSSR count). The molecule has 0 aromatic carbocycles. The third kappa shape index (κ3) is 5.28. The number of nitrogens with zero attached hydrogens (tertiary/aromatic N) is 3. The largest absolute Gasteiger partial charge is 0.467 e. The summed E-state index contributed by atoms with van der Waals surface area (Å²) < 4.78 is 5.11. The van der Waals surface area contributed by atoms with Gasteiger partial charge in [0.15, 0.2) is 0 Å². The highest BCUT2D eigenvalue weighted by molar-refractivity contribution is 5.36. The number of nitrogens with one attached hydrogen (secondary N) is 2. The maximum atomic E-state index is 5.11. The summed E-state index contributed by atoms with van der Waals surface area (Å²) in [6.45, 7) is 7.26. The number of ether oxygens (including phenoxy) is 1. The second-order valence-corrected chi connectivity index (χ2v) is 4.43. The first-order valence-corrected chi connectivity index (χ1v) is 7.03. The molecule has 0 fully saturated rings. The van der Waals surface area contributed by atoms with E-state index in [0.717, 1.165) is 32.2 Å². The fourth-order valence-corrected chi connectivity index (χ4v) is 1.74. The molecule has 0 spiro atoms.